The Bertz CT molecular complexity index is 1040. The summed E-state index contributed by atoms with van der Waals surface area (Å²) in [5.74, 6) is -0.195. The van der Waals surface area contributed by atoms with E-state index in [9.17, 15) is 12.8 Å². The van der Waals surface area contributed by atoms with Gasteiger partial charge in [0.2, 0.25) is 0 Å². The molecule has 9 heteroatoms. The fourth-order valence-electron chi connectivity index (χ4n) is 2.07. The molecular weight excluding hydrogens is 379 g/mol. The van der Waals surface area contributed by atoms with Crippen LogP contribution in [0.1, 0.15) is 17.0 Å². The number of hydrogen-bond donors (Lipinski definition) is 0. The lowest BCUT2D eigenvalue weighted by atomic mass is 10.2. The van der Waals surface area contributed by atoms with Gasteiger partial charge in [0.05, 0.1) is 9.92 Å². The summed E-state index contributed by atoms with van der Waals surface area (Å²) in [7, 11) is -3.64. The number of benzene rings is 1. The number of sulfone groups is 1. The van der Waals surface area contributed by atoms with Gasteiger partial charge in [0.25, 0.3) is 0 Å². The van der Waals surface area contributed by atoms with Crippen molar-refractivity contribution < 1.29 is 12.8 Å². The lowest BCUT2D eigenvalue weighted by molar-refractivity contribution is 0.538. The molecule has 1 aromatic carbocycles. The Morgan fingerprint density at radius 3 is 2.04 bits per heavy atom. The Balaban J connectivity index is 1.73. The van der Waals surface area contributed by atoms with Gasteiger partial charge in [-0.15, -0.1) is 0 Å². The molecule has 0 saturated carbocycles. The number of rotatable bonds is 5. The van der Waals surface area contributed by atoms with E-state index in [0.29, 0.717) is 11.1 Å². The molecule has 3 aromatic rings. The first-order valence-electron chi connectivity index (χ1n) is 7.38. The van der Waals surface area contributed by atoms with Gasteiger partial charge in [0, 0.05) is 35.9 Å². The maximum absolute atomic E-state index is 12.7. The molecule has 2 aromatic heterocycles. The highest BCUT2D eigenvalue weighted by Crippen LogP contribution is 2.23. The molecule has 0 bridgehead atoms. The molecule has 0 amide bonds. The predicted molar refractivity (Wildman–Crippen MR) is 95.3 cm³/mol. The molecule has 0 fully saturated rings. The van der Waals surface area contributed by atoms with Gasteiger partial charge in [0.15, 0.2) is 9.84 Å². The van der Waals surface area contributed by atoms with Gasteiger partial charge in [0.1, 0.15) is 11.6 Å². The Morgan fingerprint density at radius 2 is 1.46 bits per heavy atom. The number of hydrogen-bond acceptors (Lipinski definition) is 6. The average molecular weight is 391 g/mol. The van der Waals surface area contributed by atoms with Crippen molar-refractivity contribution in [1.82, 2.24) is 19.9 Å². The van der Waals surface area contributed by atoms with E-state index in [-0.39, 0.29) is 21.5 Å². The predicted octanol–water partition coefficient (Wildman–Crippen LogP) is 3.20. The van der Waals surface area contributed by atoms with Crippen molar-refractivity contribution in [1.29, 1.82) is 0 Å². The number of nitrogens with zero attached hydrogens (tertiary/aromatic N) is 4. The lowest BCUT2D eigenvalue weighted by Gasteiger charge is -2.05. The highest BCUT2D eigenvalue weighted by molar-refractivity contribution is 7.90. The molecule has 0 aliphatic carbocycles. The highest BCUT2D eigenvalue weighted by atomic mass is 35.5. The fourth-order valence-corrected chi connectivity index (χ4v) is 3.85. The highest BCUT2D eigenvalue weighted by Gasteiger charge is 2.19. The third-order valence-electron chi connectivity index (χ3n) is 3.32. The van der Waals surface area contributed by atoms with Gasteiger partial charge < -0.3 is 0 Å². The molecular formula is C17H12ClFN4O2S. The molecule has 0 spiro atoms. The zero-order valence-electron chi connectivity index (χ0n) is 13.3. The average Bonchev–Trinajstić information content (AvgIpc) is 2.62. The van der Waals surface area contributed by atoms with Crippen LogP contribution in [0.4, 0.5) is 4.39 Å². The SMILES string of the molecule is O=S(=O)(Cc1ncc(/C=C/c2cnc(F)nc2)cn1)c1ccccc1Cl. The summed E-state index contributed by atoms with van der Waals surface area (Å²) in [5.41, 5.74) is 1.25. The second-order valence-corrected chi connectivity index (χ2v) is 7.61. The molecule has 0 aliphatic rings. The van der Waals surface area contributed by atoms with E-state index in [4.69, 9.17) is 11.6 Å². The van der Waals surface area contributed by atoms with Crippen molar-refractivity contribution in [3.05, 3.63) is 77.1 Å². The largest absolute Gasteiger partial charge is 0.308 e. The van der Waals surface area contributed by atoms with Crippen LogP contribution in [0.3, 0.4) is 0 Å². The van der Waals surface area contributed by atoms with Crippen LogP contribution < -0.4 is 0 Å². The first kappa shape index (κ1) is 18.1. The van der Waals surface area contributed by atoms with Crippen molar-refractivity contribution in [2.75, 3.05) is 0 Å². The fraction of sp³-hybridized carbons (Fsp3) is 0.0588. The van der Waals surface area contributed by atoms with Crippen molar-refractivity contribution in [3.63, 3.8) is 0 Å². The van der Waals surface area contributed by atoms with E-state index in [1.54, 1.807) is 24.3 Å². The van der Waals surface area contributed by atoms with Crippen molar-refractivity contribution >= 4 is 33.6 Å². The van der Waals surface area contributed by atoms with Crippen molar-refractivity contribution in [3.8, 4) is 0 Å². The zero-order valence-corrected chi connectivity index (χ0v) is 14.8. The standard InChI is InChI=1S/C17H12ClFN4O2S/c18-14-3-1-2-4-15(14)26(24,25)11-16-20-7-12(8-21-16)5-6-13-9-22-17(19)23-10-13/h1-10H,11H2/b6-5+. The van der Waals surface area contributed by atoms with E-state index in [1.165, 1.54) is 36.9 Å². The van der Waals surface area contributed by atoms with Gasteiger partial charge in [-0.1, -0.05) is 35.9 Å². The van der Waals surface area contributed by atoms with Crippen molar-refractivity contribution in [2.45, 2.75) is 10.6 Å². The van der Waals surface area contributed by atoms with E-state index < -0.39 is 15.9 Å². The van der Waals surface area contributed by atoms with Crippen LogP contribution in [-0.2, 0) is 15.6 Å². The summed E-state index contributed by atoms with van der Waals surface area (Å²) in [6.45, 7) is 0. The molecule has 0 N–H and O–H groups in total. The maximum Gasteiger partial charge on any atom is 0.308 e. The minimum Gasteiger partial charge on any atom is -0.240 e. The Labute approximate surface area is 154 Å². The summed E-state index contributed by atoms with van der Waals surface area (Å²) in [6, 6.07) is 6.22. The van der Waals surface area contributed by atoms with Crippen LogP contribution in [0.5, 0.6) is 0 Å². The zero-order chi connectivity index (χ0) is 18.6. The molecule has 6 nitrogen and oxygen atoms in total. The molecule has 0 radical (unpaired) electrons. The first-order valence-corrected chi connectivity index (χ1v) is 9.41. The van der Waals surface area contributed by atoms with Gasteiger partial charge in [-0.2, -0.15) is 4.39 Å². The van der Waals surface area contributed by atoms with Gasteiger partial charge in [-0.05, 0) is 12.1 Å². The maximum atomic E-state index is 12.7. The molecule has 0 saturated heterocycles. The Morgan fingerprint density at radius 1 is 0.923 bits per heavy atom. The van der Waals surface area contributed by atoms with Gasteiger partial charge in [-0.25, -0.2) is 28.4 Å². The molecule has 2 heterocycles. The molecule has 26 heavy (non-hydrogen) atoms. The third kappa shape index (κ3) is 4.47. The van der Waals surface area contributed by atoms with Crippen LogP contribution in [-0.4, -0.2) is 28.4 Å². The molecule has 0 unspecified atom stereocenters. The Hall–Kier alpha value is -2.71. The Kier molecular flexibility index (Phi) is 5.34. The summed E-state index contributed by atoms with van der Waals surface area (Å²) < 4.78 is 37.5. The number of halogens is 2. The topological polar surface area (TPSA) is 85.7 Å². The lowest BCUT2D eigenvalue weighted by Crippen LogP contribution is -2.08. The minimum atomic E-state index is -3.64. The van der Waals surface area contributed by atoms with E-state index >= 15 is 0 Å². The monoisotopic (exact) mass is 390 g/mol. The summed E-state index contributed by atoms with van der Waals surface area (Å²) in [4.78, 5) is 15.1. The molecule has 0 atom stereocenters. The third-order valence-corrected chi connectivity index (χ3v) is 5.43. The summed E-state index contributed by atoms with van der Waals surface area (Å²) in [6.07, 6.45) is 8.21. The second-order valence-electron chi connectivity index (χ2n) is 5.24. The van der Waals surface area contributed by atoms with Crippen molar-refractivity contribution in [2.24, 2.45) is 0 Å². The van der Waals surface area contributed by atoms with Gasteiger partial charge >= 0.3 is 6.08 Å². The van der Waals surface area contributed by atoms with E-state index in [1.807, 2.05) is 0 Å². The molecule has 0 aliphatic heterocycles. The minimum absolute atomic E-state index is 0.0468. The summed E-state index contributed by atoms with van der Waals surface area (Å²) >= 11 is 5.95. The number of aromatic nitrogens is 4. The van der Waals surface area contributed by atoms with Crippen LogP contribution in [0.25, 0.3) is 12.2 Å². The smallest absolute Gasteiger partial charge is 0.240 e. The molecule has 3 rings (SSSR count). The summed E-state index contributed by atoms with van der Waals surface area (Å²) in [5, 5.41) is 0.161. The normalized spacial score (nSPS) is 11.8. The first-order chi connectivity index (χ1) is 12.4. The molecule has 132 valence electrons. The van der Waals surface area contributed by atoms with Crippen LogP contribution in [0, 0.1) is 6.08 Å². The van der Waals surface area contributed by atoms with E-state index in [2.05, 4.69) is 19.9 Å². The van der Waals surface area contributed by atoms with Crippen LogP contribution in [0.15, 0.2) is 53.9 Å². The quantitative estimate of drug-likeness (QED) is 0.622. The van der Waals surface area contributed by atoms with E-state index in [0.717, 1.165) is 0 Å². The van der Waals surface area contributed by atoms with Gasteiger partial charge in [-0.3, -0.25) is 0 Å². The van der Waals surface area contributed by atoms with Crippen LogP contribution >= 0.6 is 11.6 Å². The second kappa shape index (κ2) is 7.67. The van der Waals surface area contributed by atoms with Crippen LogP contribution in [0.2, 0.25) is 5.02 Å².